The number of amides is 1. The van der Waals surface area contributed by atoms with Crippen LogP contribution in [0.15, 0.2) is 12.3 Å². The fourth-order valence-corrected chi connectivity index (χ4v) is 2.90. The predicted octanol–water partition coefficient (Wildman–Crippen LogP) is 1.70. The van der Waals surface area contributed by atoms with E-state index in [-0.39, 0.29) is 30.2 Å². The molecule has 7 heteroatoms. The minimum Gasteiger partial charge on any atom is -0.396 e. The second-order valence-electron chi connectivity index (χ2n) is 5.49. The number of nitro groups is 1. The molecule has 1 aliphatic rings. The Morgan fingerprint density at radius 3 is 2.95 bits per heavy atom. The Kier molecular flexibility index (Phi) is 4.95. The van der Waals surface area contributed by atoms with Crippen molar-refractivity contribution >= 4 is 11.6 Å². The molecular weight excluding hydrogens is 274 g/mol. The van der Waals surface area contributed by atoms with E-state index in [4.69, 9.17) is 0 Å². The van der Waals surface area contributed by atoms with E-state index in [1.807, 2.05) is 6.92 Å². The number of aliphatic hydroxyl groups excluding tert-OH is 1. The molecule has 2 atom stereocenters. The summed E-state index contributed by atoms with van der Waals surface area (Å²) in [6, 6.07) is 1.26. The normalized spacial score (nSPS) is 21.4. The molecule has 7 nitrogen and oxygen atoms in total. The van der Waals surface area contributed by atoms with Crippen LogP contribution in [-0.2, 0) is 6.54 Å². The van der Waals surface area contributed by atoms with Gasteiger partial charge in [-0.05, 0) is 19.3 Å². The van der Waals surface area contributed by atoms with E-state index in [2.05, 4.69) is 5.32 Å². The van der Waals surface area contributed by atoms with Crippen LogP contribution >= 0.6 is 0 Å². The maximum atomic E-state index is 12.4. The molecule has 0 spiro atoms. The number of rotatable bonds is 6. The molecule has 1 amide bonds. The molecule has 0 radical (unpaired) electrons. The summed E-state index contributed by atoms with van der Waals surface area (Å²) < 4.78 is 1.62. The molecular formula is C14H21N3O4. The van der Waals surface area contributed by atoms with Gasteiger partial charge in [-0.25, -0.2) is 0 Å². The first kappa shape index (κ1) is 15.5. The van der Waals surface area contributed by atoms with Crippen molar-refractivity contribution < 1.29 is 14.8 Å². The minimum absolute atomic E-state index is 0.0495. The summed E-state index contributed by atoms with van der Waals surface area (Å²) >= 11 is 0. The van der Waals surface area contributed by atoms with Crippen LogP contribution in [0, 0.1) is 16.0 Å². The number of aliphatic hydroxyl groups is 1. The van der Waals surface area contributed by atoms with Crippen molar-refractivity contribution in [3.05, 3.63) is 28.1 Å². The van der Waals surface area contributed by atoms with Gasteiger partial charge in [0.2, 0.25) is 0 Å². The van der Waals surface area contributed by atoms with Crippen LogP contribution < -0.4 is 5.32 Å². The monoisotopic (exact) mass is 295 g/mol. The van der Waals surface area contributed by atoms with Crippen molar-refractivity contribution in [2.45, 2.75) is 45.2 Å². The molecule has 21 heavy (non-hydrogen) atoms. The van der Waals surface area contributed by atoms with E-state index in [0.29, 0.717) is 12.2 Å². The summed E-state index contributed by atoms with van der Waals surface area (Å²) in [5, 5.41) is 23.1. The fraction of sp³-hybridized carbons (Fsp3) is 0.643. The first-order valence-corrected chi connectivity index (χ1v) is 7.33. The second-order valence-corrected chi connectivity index (χ2v) is 5.49. The lowest BCUT2D eigenvalue weighted by atomic mass is 10.1. The number of carbonyl (C=O) groups excluding carboxylic acids is 1. The lowest BCUT2D eigenvalue weighted by molar-refractivity contribution is -0.384. The van der Waals surface area contributed by atoms with Crippen LogP contribution in [0.25, 0.3) is 0 Å². The summed E-state index contributed by atoms with van der Waals surface area (Å²) in [7, 11) is 0. The van der Waals surface area contributed by atoms with E-state index in [1.165, 1.54) is 12.3 Å². The average molecular weight is 295 g/mol. The zero-order valence-corrected chi connectivity index (χ0v) is 12.1. The third kappa shape index (κ3) is 3.41. The Hall–Kier alpha value is -1.89. The third-order valence-electron chi connectivity index (χ3n) is 4.00. The fourth-order valence-electron chi connectivity index (χ4n) is 2.90. The van der Waals surface area contributed by atoms with Crippen molar-refractivity contribution in [2.75, 3.05) is 6.61 Å². The zero-order chi connectivity index (χ0) is 15.4. The quantitative estimate of drug-likeness (QED) is 0.616. The molecule has 2 unspecified atom stereocenters. The molecule has 1 aromatic rings. The number of aromatic nitrogens is 1. The highest BCUT2D eigenvalue weighted by atomic mass is 16.6. The number of hydrogen-bond acceptors (Lipinski definition) is 4. The van der Waals surface area contributed by atoms with Gasteiger partial charge >= 0.3 is 0 Å². The van der Waals surface area contributed by atoms with E-state index in [0.717, 1.165) is 25.7 Å². The maximum Gasteiger partial charge on any atom is 0.287 e. The van der Waals surface area contributed by atoms with Crippen LogP contribution in [0.4, 0.5) is 5.69 Å². The lowest BCUT2D eigenvalue weighted by Crippen LogP contribution is -2.39. The van der Waals surface area contributed by atoms with E-state index in [1.54, 1.807) is 4.57 Å². The SMILES string of the molecule is CCCn1cc([N+](=O)[O-])cc1C(=O)NC1CCCC1CO. The highest BCUT2D eigenvalue weighted by Gasteiger charge is 2.29. The van der Waals surface area contributed by atoms with E-state index < -0.39 is 4.92 Å². The molecule has 0 saturated heterocycles. The Balaban J connectivity index is 2.15. The number of nitrogens with one attached hydrogen (secondary N) is 1. The van der Waals surface area contributed by atoms with Gasteiger partial charge in [0, 0.05) is 31.2 Å². The molecule has 1 heterocycles. The van der Waals surface area contributed by atoms with Gasteiger partial charge in [-0.3, -0.25) is 14.9 Å². The van der Waals surface area contributed by atoms with Crippen molar-refractivity contribution in [1.29, 1.82) is 0 Å². The van der Waals surface area contributed by atoms with Gasteiger partial charge in [-0.2, -0.15) is 0 Å². The molecule has 1 aromatic heterocycles. The Bertz CT molecular complexity index is 526. The topological polar surface area (TPSA) is 97.4 Å². The van der Waals surface area contributed by atoms with Gasteiger partial charge in [0.25, 0.3) is 11.6 Å². The van der Waals surface area contributed by atoms with Gasteiger partial charge in [-0.15, -0.1) is 0 Å². The predicted molar refractivity (Wildman–Crippen MR) is 77.1 cm³/mol. The second kappa shape index (κ2) is 6.71. The van der Waals surface area contributed by atoms with Crippen molar-refractivity contribution in [2.24, 2.45) is 5.92 Å². The summed E-state index contributed by atoms with van der Waals surface area (Å²) in [5.74, 6) is -0.222. The smallest absolute Gasteiger partial charge is 0.287 e. The van der Waals surface area contributed by atoms with Gasteiger partial charge in [0.15, 0.2) is 0 Å². The maximum absolute atomic E-state index is 12.4. The van der Waals surface area contributed by atoms with E-state index >= 15 is 0 Å². The van der Waals surface area contributed by atoms with Crippen molar-refractivity contribution in [3.63, 3.8) is 0 Å². The molecule has 1 aliphatic carbocycles. The number of carbonyl (C=O) groups is 1. The number of aryl methyl sites for hydroxylation is 1. The van der Waals surface area contributed by atoms with Gasteiger partial charge < -0.3 is 15.0 Å². The van der Waals surface area contributed by atoms with E-state index in [9.17, 15) is 20.0 Å². The van der Waals surface area contributed by atoms with Crippen LogP contribution in [0.2, 0.25) is 0 Å². The molecule has 116 valence electrons. The summed E-state index contributed by atoms with van der Waals surface area (Å²) in [6.45, 7) is 2.57. The highest BCUT2D eigenvalue weighted by molar-refractivity contribution is 5.93. The first-order chi connectivity index (χ1) is 10.1. The first-order valence-electron chi connectivity index (χ1n) is 7.33. The Morgan fingerprint density at radius 1 is 1.57 bits per heavy atom. The van der Waals surface area contributed by atoms with Gasteiger partial charge in [0.1, 0.15) is 5.69 Å². The largest absolute Gasteiger partial charge is 0.396 e. The van der Waals surface area contributed by atoms with Crippen molar-refractivity contribution in [3.8, 4) is 0 Å². The minimum atomic E-state index is -0.491. The van der Waals surface area contributed by atoms with Crippen LogP contribution in [-0.4, -0.2) is 33.2 Å². The molecule has 1 saturated carbocycles. The van der Waals surface area contributed by atoms with Crippen LogP contribution in [0.5, 0.6) is 0 Å². The molecule has 0 aliphatic heterocycles. The molecule has 2 rings (SSSR count). The van der Waals surface area contributed by atoms with Crippen molar-refractivity contribution in [1.82, 2.24) is 9.88 Å². The Labute approximate surface area is 123 Å². The average Bonchev–Trinajstić information content (AvgIpc) is 3.05. The summed E-state index contributed by atoms with van der Waals surface area (Å²) in [6.07, 6.45) is 4.91. The number of hydrogen-bond donors (Lipinski definition) is 2. The van der Waals surface area contributed by atoms with Gasteiger partial charge in [0.05, 0.1) is 11.1 Å². The van der Waals surface area contributed by atoms with Crippen LogP contribution in [0.1, 0.15) is 43.1 Å². The van der Waals surface area contributed by atoms with Crippen LogP contribution in [0.3, 0.4) is 0 Å². The van der Waals surface area contributed by atoms with Gasteiger partial charge in [-0.1, -0.05) is 13.3 Å². The third-order valence-corrected chi connectivity index (χ3v) is 4.00. The molecule has 1 fully saturated rings. The standard InChI is InChI=1S/C14H21N3O4/c1-2-6-16-8-11(17(20)21)7-13(16)14(19)15-12-5-3-4-10(12)9-18/h7-8,10,12,18H,2-6,9H2,1H3,(H,15,19). The summed E-state index contributed by atoms with van der Waals surface area (Å²) in [5.41, 5.74) is 0.242. The zero-order valence-electron chi connectivity index (χ0n) is 12.1. The highest BCUT2D eigenvalue weighted by Crippen LogP contribution is 2.26. The molecule has 0 aromatic carbocycles. The lowest BCUT2D eigenvalue weighted by Gasteiger charge is -2.19. The Morgan fingerprint density at radius 2 is 2.33 bits per heavy atom. The number of nitrogens with zero attached hydrogens (tertiary/aromatic N) is 2. The summed E-state index contributed by atoms with van der Waals surface area (Å²) in [4.78, 5) is 22.7. The molecule has 0 bridgehead atoms. The molecule has 2 N–H and O–H groups in total.